The first kappa shape index (κ1) is 18.5. The van der Waals surface area contributed by atoms with E-state index in [0.717, 1.165) is 0 Å². The summed E-state index contributed by atoms with van der Waals surface area (Å²) in [6, 6.07) is -0.435. The third-order valence-corrected chi connectivity index (χ3v) is 4.58. The van der Waals surface area contributed by atoms with E-state index in [-0.39, 0.29) is 6.61 Å². The van der Waals surface area contributed by atoms with Crippen molar-refractivity contribution in [2.75, 3.05) is 13.7 Å². The summed E-state index contributed by atoms with van der Waals surface area (Å²) in [5.74, 6) is -1.56. The van der Waals surface area contributed by atoms with Crippen LogP contribution in [0.25, 0.3) is 0 Å². The number of hydrogen-bond donors (Lipinski definition) is 1. The van der Waals surface area contributed by atoms with Crippen molar-refractivity contribution in [3.05, 3.63) is 0 Å². The molecule has 0 saturated carbocycles. The maximum absolute atomic E-state index is 11.5. The van der Waals surface area contributed by atoms with Crippen LogP contribution in [-0.2, 0) is 33.3 Å². The Morgan fingerprint density at radius 2 is 1.75 bits per heavy atom. The molecule has 0 amide bonds. The molecular weight excluding hydrogens is 340 g/mol. The van der Waals surface area contributed by atoms with Crippen LogP contribution in [0.1, 0.15) is 20.8 Å². The number of ether oxygens (including phenoxy) is 4. The van der Waals surface area contributed by atoms with E-state index in [1.165, 1.54) is 32.5 Å². The number of thioether (sulfide) groups is 1. The van der Waals surface area contributed by atoms with Gasteiger partial charge in [0.15, 0.2) is 17.4 Å². The predicted octanol–water partition coefficient (Wildman–Crippen LogP) is -0.171. The van der Waals surface area contributed by atoms with E-state index in [0.29, 0.717) is 5.17 Å². The highest BCUT2D eigenvalue weighted by Gasteiger charge is 2.53. The Kier molecular flexibility index (Phi) is 6.05. The molecule has 2 heterocycles. The number of carbonyl (C=O) groups excluding carboxylic acids is 3. The summed E-state index contributed by atoms with van der Waals surface area (Å²) < 4.78 is 21.6. The summed E-state index contributed by atoms with van der Waals surface area (Å²) in [5.41, 5.74) is -0.416. The minimum atomic E-state index is -0.906. The van der Waals surface area contributed by atoms with Crippen molar-refractivity contribution >= 4 is 34.8 Å². The Bertz CT molecular complexity index is 553. The highest BCUT2D eigenvalue weighted by molar-refractivity contribution is 8.14. The third-order valence-electron chi connectivity index (χ3n) is 3.42. The Labute approximate surface area is 143 Å². The monoisotopic (exact) mass is 360 g/mol. The molecule has 134 valence electrons. The lowest BCUT2D eigenvalue weighted by Crippen LogP contribution is -2.62. The summed E-state index contributed by atoms with van der Waals surface area (Å²) in [5, 5.41) is 3.72. The zero-order valence-electron chi connectivity index (χ0n) is 13.8. The van der Waals surface area contributed by atoms with Gasteiger partial charge in [-0.05, 0) is 0 Å². The molecule has 2 fully saturated rings. The summed E-state index contributed by atoms with van der Waals surface area (Å²) in [7, 11) is 1.62. The molecule has 2 saturated heterocycles. The molecule has 1 N–H and O–H groups in total. The van der Waals surface area contributed by atoms with Crippen LogP contribution in [0.2, 0.25) is 0 Å². The van der Waals surface area contributed by atoms with Gasteiger partial charge < -0.3 is 24.3 Å². The highest BCUT2D eigenvalue weighted by atomic mass is 32.2. The largest absolute Gasteiger partial charge is 0.463 e. The van der Waals surface area contributed by atoms with Crippen molar-refractivity contribution in [3.63, 3.8) is 0 Å². The second-order valence-corrected chi connectivity index (χ2v) is 6.40. The number of aliphatic imine (C=N–C) groups is 1. The maximum Gasteiger partial charge on any atom is 0.303 e. The van der Waals surface area contributed by atoms with Crippen molar-refractivity contribution < 1.29 is 33.3 Å². The molecule has 9 nitrogen and oxygen atoms in total. The van der Waals surface area contributed by atoms with Crippen molar-refractivity contribution in [3.8, 4) is 0 Å². The van der Waals surface area contributed by atoms with Crippen molar-refractivity contribution in [2.45, 2.75) is 50.6 Å². The van der Waals surface area contributed by atoms with Gasteiger partial charge >= 0.3 is 17.9 Å². The molecule has 0 spiro atoms. The molecule has 24 heavy (non-hydrogen) atoms. The van der Waals surface area contributed by atoms with Crippen molar-refractivity contribution in [2.24, 2.45) is 4.99 Å². The van der Waals surface area contributed by atoms with Gasteiger partial charge in [-0.2, -0.15) is 0 Å². The van der Waals surface area contributed by atoms with E-state index < -0.39 is 47.7 Å². The topological polar surface area (TPSA) is 113 Å². The van der Waals surface area contributed by atoms with Gasteiger partial charge in [0.2, 0.25) is 0 Å². The zero-order chi connectivity index (χ0) is 17.9. The molecule has 0 aliphatic carbocycles. The molecule has 0 aromatic heterocycles. The standard InChI is InChI=1S/C14H20N2O7S/c1-6(17)20-5-9-11(21-7(2)18)12(22-8(3)19)10-13(23-9)24-14(15-4)16-10/h9-13H,5H2,1-4H3,(H,15,16)/t9-,10+,11-,12-,13?/m1/s1. The smallest absolute Gasteiger partial charge is 0.303 e. The zero-order valence-corrected chi connectivity index (χ0v) is 14.6. The first-order valence-electron chi connectivity index (χ1n) is 7.35. The molecule has 5 atom stereocenters. The number of amidine groups is 1. The Morgan fingerprint density at radius 3 is 2.29 bits per heavy atom. The number of carbonyl (C=O) groups is 3. The normalized spacial score (nSPS) is 33.3. The molecule has 2 aliphatic heterocycles. The van der Waals surface area contributed by atoms with Gasteiger partial charge in [0.1, 0.15) is 24.2 Å². The molecule has 0 aromatic carbocycles. The molecule has 0 aromatic rings. The van der Waals surface area contributed by atoms with Crippen LogP contribution >= 0.6 is 11.8 Å². The summed E-state index contributed by atoms with van der Waals surface area (Å²) in [4.78, 5) is 38.1. The van der Waals surface area contributed by atoms with Gasteiger partial charge in [0.05, 0.1) is 0 Å². The van der Waals surface area contributed by atoms with Crippen LogP contribution in [-0.4, -0.2) is 66.5 Å². The first-order chi connectivity index (χ1) is 11.3. The number of fused-ring (bicyclic) bond motifs is 1. The molecule has 10 heteroatoms. The Morgan fingerprint density at radius 1 is 1.12 bits per heavy atom. The lowest BCUT2D eigenvalue weighted by molar-refractivity contribution is -0.209. The number of nitrogens with zero attached hydrogens (tertiary/aromatic N) is 1. The SMILES string of the molecule is CN=C1N[C@@H]2C(O[C@H](COC(C)=O)[C@@H](OC(C)=O)[C@@H]2OC(C)=O)S1. The molecule has 1 unspecified atom stereocenters. The van der Waals surface area contributed by atoms with Gasteiger partial charge in [-0.3, -0.25) is 19.4 Å². The van der Waals surface area contributed by atoms with Crippen LogP contribution in [0.3, 0.4) is 0 Å². The molecule has 2 aliphatic rings. The van der Waals surface area contributed by atoms with Crippen LogP contribution in [0.5, 0.6) is 0 Å². The summed E-state index contributed by atoms with van der Waals surface area (Å²) in [6.07, 6.45) is -2.46. The van der Waals surface area contributed by atoms with Gasteiger partial charge in [-0.1, -0.05) is 11.8 Å². The van der Waals surface area contributed by atoms with Crippen LogP contribution in [0.15, 0.2) is 4.99 Å². The van der Waals surface area contributed by atoms with E-state index in [2.05, 4.69) is 10.3 Å². The summed E-state index contributed by atoms with van der Waals surface area (Å²) in [6.45, 7) is 3.67. The van der Waals surface area contributed by atoms with E-state index in [9.17, 15) is 14.4 Å². The van der Waals surface area contributed by atoms with Gasteiger partial charge in [0, 0.05) is 27.8 Å². The quantitative estimate of drug-likeness (QED) is 0.539. The molecular formula is C14H20N2O7S. The molecule has 2 rings (SSSR count). The third kappa shape index (κ3) is 4.38. The minimum absolute atomic E-state index is 0.118. The number of nitrogens with one attached hydrogen (secondary N) is 1. The van der Waals surface area contributed by atoms with Crippen LogP contribution < -0.4 is 5.32 Å². The first-order valence-corrected chi connectivity index (χ1v) is 8.23. The lowest BCUT2D eigenvalue weighted by atomic mass is 9.97. The number of hydrogen-bond acceptors (Lipinski definition) is 9. The maximum atomic E-state index is 11.5. The Balaban J connectivity index is 2.27. The van der Waals surface area contributed by atoms with E-state index in [1.807, 2.05) is 0 Å². The van der Waals surface area contributed by atoms with Crippen molar-refractivity contribution in [1.29, 1.82) is 0 Å². The average Bonchev–Trinajstić information content (AvgIpc) is 2.89. The fraction of sp³-hybridized carbons (Fsp3) is 0.714. The van der Waals surface area contributed by atoms with Crippen LogP contribution in [0.4, 0.5) is 0 Å². The van der Waals surface area contributed by atoms with Gasteiger partial charge in [0.25, 0.3) is 0 Å². The van der Waals surface area contributed by atoms with Crippen LogP contribution in [0, 0.1) is 0 Å². The second-order valence-electron chi connectivity index (χ2n) is 5.31. The number of esters is 3. The fourth-order valence-electron chi connectivity index (χ4n) is 2.56. The average molecular weight is 360 g/mol. The fourth-order valence-corrected chi connectivity index (χ4v) is 3.66. The minimum Gasteiger partial charge on any atom is -0.463 e. The van der Waals surface area contributed by atoms with E-state index in [1.54, 1.807) is 7.05 Å². The van der Waals surface area contributed by atoms with Crippen molar-refractivity contribution in [1.82, 2.24) is 5.32 Å². The Hall–Kier alpha value is -1.81. The summed E-state index contributed by atoms with van der Waals surface area (Å²) >= 11 is 1.33. The molecule has 0 radical (unpaired) electrons. The van der Waals surface area contributed by atoms with Gasteiger partial charge in [-0.15, -0.1) is 0 Å². The highest BCUT2D eigenvalue weighted by Crippen LogP contribution is 2.36. The predicted molar refractivity (Wildman–Crippen MR) is 84.3 cm³/mol. The van der Waals surface area contributed by atoms with E-state index in [4.69, 9.17) is 18.9 Å². The lowest BCUT2D eigenvalue weighted by Gasteiger charge is -2.41. The van der Waals surface area contributed by atoms with Gasteiger partial charge in [-0.25, -0.2) is 0 Å². The number of rotatable bonds is 4. The van der Waals surface area contributed by atoms with E-state index >= 15 is 0 Å². The second kappa shape index (κ2) is 7.84. The molecule has 0 bridgehead atoms.